The van der Waals surface area contributed by atoms with Gasteiger partial charge in [0.2, 0.25) is 0 Å². The number of rotatable bonds is 5. The summed E-state index contributed by atoms with van der Waals surface area (Å²) >= 11 is 0. The number of ether oxygens (including phenoxy) is 2. The standard InChI is InChI=1S/C25H19FN2O5/c1-31-19-12-9-15(13-20(19)32-2)23(29)21-22(14-7-10-16(26)11-8-14)28-33-25(21)17-5-3-4-6-18(17)27-24(25)30/h3-13,21H,1-2H3,(H,27,30)/t21-,25-/m0/s1. The Morgan fingerprint density at radius 3 is 2.48 bits per heavy atom. The predicted molar refractivity (Wildman–Crippen MR) is 118 cm³/mol. The summed E-state index contributed by atoms with van der Waals surface area (Å²) in [6, 6.07) is 17.3. The van der Waals surface area contributed by atoms with Gasteiger partial charge >= 0.3 is 0 Å². The molecular weight excluding hydrogens is 427 g/mol. The van der Waals surface area contributed by atoms with Crippen LogP contribution in [-0.2, 0) is 15.2 Å². The highest BCUT2D eigenvalue weighted by atomic mass is 19.1. The highest BCUT2D eigenvalue weighted by molar-refractivity contribution is 6.24. The molecule has 1 spiro atoms. The number of halogens is 1. The van der Waals surface area contributed by atoms with Crippen molar-refractivity contribution in [3.05, 3.63) is 89.2 Å². The molecule has 7 nitrogen and oxygen atoms in total. The molecule has 0 bridgehead atoms. The van der Waals surface area contributed by atoms with Gasteiger partial charge in [-0.15, -0.1) is 0 Å². The summed E-state index contributed by atoms with van der Waals surface area (Å²) in [5, 5.41) is 6.98. The third-order valence-electron chi connectivity index (χ3n) is 5.95. The Hall–Kier alpha value is -4.20. The number of anilines is 1. The maximum atomic E-state index is 14.0. The molecule has 0 saturated heterocycles. The third-order valence-corrected chi connectivity index (χ3v) is 5.95. The second-order valence-corrected chi connectivity index (χ2v) is 7.68. The summed E-state index contributed by atoms with van der Waals surface area (Å²) in [5.41, 5.74) is 0.364. The molecule has 0 unspecified atom stereocenters. The number of nitrogens with zero attached hydrogens (tertiary/aromatic N) is 1. The van der Waals surface area contributed by atoms with Crippen molar-refractivity contribution >= 4 is 23.1 Å². The van der Waals surface area contributed by atoms with E-state index in [4.69, 9.17) is 14.3 Å². The van der Waals surface area contributed by atoms with Gasteiger partial charge in [-0.3, -0.25) is 9.59 Å². The van der Waals surface area contributed by atoms with Gasteiger partial charge in [-0.1, -0.05) is 35.5 Å². The van der Waals surface area contributed by atoms with Gasteiger partial charge in [0.1, 0.15) is 17.4 Å². The lowest BCUT2D eigenvalue weighted by Gasteiger charge is -2.26. The van der Waals surface area contributed by atoms with Crippen LogP contribution in [0.15, 0.2) is 71.9 Å². The Balaban J connectivity index is 1.68. The number of ketones is 1. The Labute approximate surface area is 188 Å². The molecule has 0 aromatic heterocycles. The van der Waals surface area contributed by atoms with Crippen LogP contribution in [-0.4, -0.2) is 31.6 Å². The number of carbonyl (C=O) groups is 2. The topological polar surface area (TPSA) is 86.2 Å². The van der Waals surface area contributed by atoms with E-state index in [9.17, 15) is 14.0 Å². The lowest BCUT2D eigenvalue weighted by atomic mass is 9.74. The van der Waals surface area contributed by atoms with Crippen LogP contribution in [0.4, 0.5) is 10.1 Å². The van der Waals surface area contributed by atoms with Crippen molar-refractivity contribution in [2.24, 2.45) is 11.1 Å². The number of para-hydroxylation sites is 1. The van der Waals surface area contributed by atoms with Crippen LogP contribution in [0.2, 0.25) is 0 Å². The van der Waals surface area contributed by atoms with Gasteiger partial charge in [0.05, 0.1) is 14.2 Å². The van der Waals surface area contributed by atoms with Crippen molar-refractivity contribution in [1.82, 2.24) is 0 Å². The zero-order valence-corrected chi connectivity index (χ0v) is 17.8. The van der Waals surface area contributed by atoms with E-state index in [0.717, 1.165) is 0 Å². The summed E-state index contributed by atoms with van der Waals surface area (Å²) in [4.78, 5) is 33.1. The number of Topliss-reactive ketones (excluding diaryl/α,β-unsaturated/α-hetero) is 1. The van der Waals surface area contributed by atoms with Gasteiger partial charge in [0, 0.05) is 22.4 Å². The van der Waals surface area contributed by atoms with E-state index in [1.54, 1.807) is 42.5 Å². The molecule has 0 fully saturated rings. The van der Waals surface area contributed by atoms with E-state index in [1.807, 2.05) is 0 Å². The quantitative estimate of drug-likeness (QED) is 0.601. The normalized spacial score (nSPS) is 20.6. The molecule has 33 heavy (non-hydrogen) atoms. The van der Waals surface area contributed by atoms with E-state index in [2.05, 4.69) is 10.5 Å². The number of amides is 1. The van der Waals surface area contributed by atoms with E-state index in [-0.39, 0.29) is 11.3 Å². The van der Waals surface area contributed by atoms with Crippen molar-refractivity contribution in [2.45, 2.75) is 5.60 Å². The summed E-state index contributed by atoms with van der Waals surface area (Å²) in [6.07, 6.45) is 0. The molecule has 2 heterocycles. The van der Waals surface area contributed by atoms with Crippen molar-refractivity contribution in [2.75, 3.05) is 19.5 Å². The van der Waals surface area contributed by atoms with Gasteiger partial charge in [-0.2, -0.15) is 0 Å². The first kappa shape index (κ1) is 20.7. The first-order valence-corrected chi connectivity index (χ1v) is 10.2. The van der Waals surface area contributed by atoms with Gasteiger partial charge in [0.15, 0.2) is 17.3 Å². The Morgan fingerprint density at radius 2 is 1.76 bits per heavy atom. The molecule has 1 amide bonds. The lowest BCUT2D eigenvalue weighted by molar-refractivity contribution is -0.140. The molecule has 1 N–H and O–H groups in total. The monoisotopic (exact) mass is 446 g/mol. The molecule has 2 aliphatic heterocycles. The fourth-order valence-electron chi connectivity index (χ4n) is 4.35. The number of fused-ring (bicyclic) bond motifs is 2. The minimum atomic E-state index is -1.69. The average molecular weight is 446 g/mol. The first-order chi connectivity index (χ1) is 16.0. The number of oxime groups is 1. The van der Waals surface area contributed by atoms with Crippen LogP contribution in [0, 0.1) is 11.7 Å². The maximum absolute atomic E-state index is 14.0. The SMILES string of the molecule is COc1ccc(C(=O)[C@@H]2C(c3ccc(F)cc3)=NO[C@]23C(=O)Nc2ccccc23)cc1OC. The van der Waals surface area contributed by atoms with Crippen molar-refractivity contribution < 1.29 is 28.3 Å². The number of hydrogen-bond acceptors (Lipinski definition) is 6. The number of nitrogens with one attached hydrogen (secondary N) is 1. The molecule has 0 saturated carbocycles. The van der Waals surface area contributed by atoms with Crippen molar-refractivity contribution in [1.29, 1.82) is 0 Å². The average Bonchev–Trinajstić information content (AvgIpc) is 3.37. The summed E-state index contributed by atoms with van der Waals surface area (Å²) < 4.78 is 24.2. The van der Waals surface area contributed by atoms with E-state index in [0.29, 0.717) is 28.3 Å². The molecule has 166 valence electrons. The van der Waals surface area contributed by atoms with Crippen LogP contribution in [0.3, 0.4) is 0 Å². The predicted octanol–water partition coefficient (Wildman–Crippen LogP) is 3.92. The van der Waals surface area contributed by atoms with Gasteiger partial charge in [0.25, 0.3) is 11.5 Å². The molecule has 2 aliphatic rings. The lowest BCUT2D eigenvalue weighted by Crippen LogP contribution is -2.46. The Bertz CT molecular complexity index is 1300. The minimum absolute atomic E-state index is 0.238. The fourth-order valence-corrected chi connectivity index (χ4v) is 4.35. The van der Waals surface area contributed by atoms with E-state index < -0.39 is 29.0 Å². The Kier molecular flexibility index (Phi) is 4.85. The van der Waals surface area contributed by atoms with Crippen molar-refractivity contribution in [3.63, 3.8) is 0 Å². The molecule has 8 heteroatoms. The number of carbonyl (C=O) groups excluding carboxylic acids is 2. The largest absolute Gasteiger partial charge is 0.493 e. The zero-order chi connectivity index (χ0) is 23.2. The van der Waals surface area contributed by atoms with E-state index >= 15 is 0 Å². The van der Waals surface area contributed by atoms with Crippen LogP contribution < -0.4 is 14.8 Å². The van der Waals surface area contributed by atoms with Crippen LogP contribution >= 0.6 is 0 Å². The second kappa shape index (κ2) is 7.74. The number of methoxy groups -OCH3 is 2. The smallest absolute Gasteiger partial charge is 0.277 e. The van der Waals surface area contributed by atoms with Crippen LogP contribution in [0.1, 0.15) is 21.5 Å². The maximum Gasteiger partial charge on any atom is 0.277 e. The summed E-state index contributed by atoms with van der Waals surface area (Å²) in [7, 11) is 2.97. The molecule has 3 aromatic carbocycles. The highest BCUT2D eigenvalue weighted by Crippen LogP contribution is 2.50. The molecule has 0 aliphatic carbocycles. The fraction of sp³-hybridized carbons (Fsp3) is 0.160. The Morgan fingerprint density at radius 1 is 1.03 bits per heavy atom. The number of hydrogen-bond donors (Lipinski definition) is 1. The van der Waals surface area contributed by atoms with Gasteiger partial charge in [-0.25, -0.2) is 4.39 Å². The van der Waals surface area contributed by atoms with Crippen molar-refractivity contribution in [3.8, 4) is 11.5 Å². The van der Waals surface area contributed by atoms with Crippen LogP contribution in [0.5, 0.6) is 11.5 Å². The number of benzene rings is 3. The highest BCUT2D eigenvalue weighted by Gasteiger charge is 2.63. The van der Waals surface area contributed by atoms with Gasteiger partial charge < -0.3 is 19.6 Å². The molecule has 2 atom stereocenters. The summed E-state index contributed by atoms with van der Waals surface area (Å²) in [5.74, 6) is -1.62. The third kappa shape index (κ3) is 3.06. The first-order valence-electron chi connectivity index (χ1n) is 10.2. The second-order valence-electron chi connectivity index (χ2n) is 7.68. The van der Waals surface area contributed by atoms with Gasteiger partial charge in [-0.05, 0) is 36.4 Å². The van der Waals surface area contributed by atoms with E-state index in [1.165, 1.54) is 38.5 Å². The molecular formula is C25H19FN2O5. The van der Waals surface area contributed by atoms with Crippen LogP contribution in [0.25, 0.3) is 0 Å². The molecule has 3 aromatic rings. The molecule has 0 radical (unpaired) electrons. The summed E-state index contributed by atoms with van der Waals surface area (Å²) in [6.45, 7) is 0. The zero-order valence-electron chi connectivity index (χ0n) is 17.8. The molecule has 5 rings (SSSR count). The minimum Gasteiger partial charge on any atom is -0.493 e.